The lowest BCUT2D eigenvalue weighted by Crippen LogP contribution is -2.40. The van der Waals surface area contributed by atoms with Crippen molar-refractivity contribution in [3.05, 3.63) is 100 Å². The minimum Gasteiger partial charge on any atom is -0.466 e. The molecule has 2 aromatic carbocycles. The zero-order valence-corrected chi connectivity index (χ0v) is 23.0. The summed E-state index contributed by atoms with van der Waals surface area (Å²) in [6, 6.07) is 20.1. The number of allylic oxidation sites excluding steroid dienone is 1. The first-order chi connectivity index (χ1) is 19.2. The SMILES string of the molecule is CCN(c1ccc(N2C(N)=C(C#N)C(c3ccccc3)C(C(=O)OC)=C2C(=O)OC)cc1)c1nc(C)cc(C)n1. The molecule has 0 amide bonds. The smallest absolute Gasteiger partial charge is 0.355 e. The highest BCUT2D eigenvalue weighted by Gasteiger charge is 2.43. The van der Waals surface area contributed by atoms with Crippen LogP contribution in [0.4, 0.5) is 17.3 Å². The van der Waals surface area contributed by atoms with Crippen molar-refractivity contribution in [2.75, 3.05) is 30.6 Å². The number of ether oxygens (including phenoxy) is 2. The van der Waals surface area contributed by atoms with Crippen molar-refractivity contribution in [1.82, 2.24) is 9.97 Å². The summed E-state index contributed by atoms with van der Waals surface area (Å²) >= 11 is 0. The first-order valence-electron chi connectivity index (χ1n) is 12.6. The van der Waals surface area contributed by atoms with E-state index in [0.717, 1.165) is 17.1 Å². The third-order valence-electron chi connectivity index (χ3n) is 6.56. The van der Waals surface area contributed by atoms with Crippen LogP contribution in [0.1, 0.15) is 29.8 Å². The summed E-state index contributed by atoms with van der Waals surface area (Å²) in [5, 5.41) is 10.2. The molecule has 1 unspecified atom stereocenters. The molecule has 40 heavy (non-hydrogen) atoms. The molecule has 10 heteroatoms. The van der Waals surface area contributed by atoms with Crippen LogP contribution in [0.25, 0.3) is 0 Å². The molecule has 0 fully saturated rings. The zero-order valence-electron chi connectivity index (χ0n) is 23.0. The van der Waals surface area contributed by atoms with Crippen molar-refractivity contribution >= 4 is 29.3 Å². The summed E-state index contributed by atoms with van der Waals surface area (Å²) in [5.41, 5.74) is 10.1. The van der Waals surface area contributed by atoms with Gasteiger partial charge in [0.15, 0.2) is 0 Å². The van der Waals surface area contributed by atoms with Crippen molar-refractivity contribution in [2.24, 2.45) is 5.73 Å². The number of aryl methyl sites for hydroxylation is 2. The molecule has 1 atom stereocenters. The minimum atomic E-state index is -0.930. The number of aromatic nitrogens is 2. The Morgan fingerprint density at radius 2 is 1.60 bits per heavy atom. The van der Waals surface area contributed by atoms with Gasteiger partial charge in [0, 0.05) is 29.3 Å². The zero-order chi connectivity index (χ0) is 29.0. The van der Waals surface area contributed by atoms with Crippen LogP contribution in [-0.4, -0.2) is 42.7 Å². The lowest BCUT2D eigenvalue weighted by Gasteiger charge is -2.36. The summed E-state index contributed by atoms with van der Waals surface area (Å²) in [6.07, 6.45) is 0. The van der Waals surface area contributed by atoms with Crippen LogP contribution in [0, 0.1) is 25.2 Å². The maximum absolute atomic E-state index is 13.3. The van der Waals surface area contributed by atoms with Gasteiger partial charge in [0.2, 0.25) is 5.95 Å². The number of nitrogens with zero attached hydrogens (tertiary/aromatic N) is 5. The fraction of sp³-hybridized carbons (Fsp3) is 0.233. The predicted octanol–water partition coefficient (Wildman–Crippen LogP) is 4.15. The molecule has 1 aromatic heterocycles. The molecular weight excluding hydrogens is 508 g/mol. The number of carbonyl (C=O) groups is 2. The predicted molar refractivity (Wildman–Crippen MR) is 150 cm³/mol. The molecule has 10 nitrogen and oxygen atoms in total. The Labute approximate surface area is 233 Å². The van der Waals surface area contributed by atoms with Crippen LogP contribution >= 0.6 is 0 Å². The van der Waals surface area contributed by atoms with Crippen molar-refractivity contribution in [3.63, 3.8) is 0 Å². The van der Waals surface area contributed by atoms with Gasteiger partial charge in [0.05, 0.1) is 37.4 Å². The Morgan fingerprint density at radius 1 is 1.00 bits per heavy atom. The molecule has 0 spiro atoms. The number of methoxy groups -OCH3 is 2. The molecule has 204 valence electrons. The molecule has 1 aliphatic heterocycles. The van der Waals surface area contributed by atoms with Gasteiger partial charge in [-0.3, -0.25) is 4.90 Å². The number of benzene rings is 2. The average Bonchev–Trinajstić information content (AvgIpc) is 2.96. The molecule has 2 N–H and O–H groups in total. The average molecular weight is 539 g/mol. The summed E-state index contributed by atoms with van der Waals surface area (Å²) in [4.78, 5) is 38.9. The van der Waals surface area contributed by atoms with E-state index in [1.807, 2.05) is 49.9 Å². The third kappa shape index (κ3) is 5.09. The van der Waals surface area contributed by atoms with Crippen molar-refractivity contribution < 1.29 is 19.1 Å². The molecule has 0 saturated carbocycles. The second kappa shape index (κ2) is 11.7. The fourth-order valence-electron chi connectivity index (χ4n) is 4.83. The largest absolute Gasteiger partial charge is 0.466 e. The minimum absolute atomic E-state index is 0.00199. The summed E-state index contributed by atoms with van der Waals surface area (Å²) in [5.74, 6) is -1.95. The van der Waals surface area contributed by atoms with E-state index in [1.54, 1.807) is 36.4 Å². The first kappa shape index (κ1) is 27.9. The molecular formula is C30H30N6O4. The van der Waals surface area contributed by atoms with Gasteiger partial charge in [-0.25, -0.2) is 19.6 Å². The van der Waals surface area contributed by atoms with Gasteiger partial charge in [0.1, 0.15) is 11.5 Å². The van der Waals surface area contributed by atoms with E-state index in [4.69, 9.17) is 15.2 Å². The highest BCUT2D eigenvalue weighted by atomic mass is 16.5. The number of hydrogen-bond acceptors (Lipinski definition) is 10. The molecule has 0 aliphatic carbocycles. The van der Waals surface area contributed by atoms with Crippen LogP contribution in [-0.2, 0) is 19.1 Å². The van der Waals surface area contributed by atoms with Crippen LogP contribution in [0.3, 0.4) is 0 Å². The third-order valence-corrected chi connectivity index (χ3v) is 6.56. The van der Waals surface area contributed by atoms with Crippen LogP contribution in [0.5, 0.6) is 0 Å². The van der Waals surface area contributed by atoms with Gasteiger partial charge in [0.25, 0.3) is 0 Å². The van der Waals surface area contributed by atoms with E-state index in [2.05, 4.69) is 16.0 Å². The molecule has 0 saturated heterocycles. The van der Waals surface area contributed by atoms with E-state index in [1.165, 1.54) is 19.1 Å². The van der Waals surface area contributed by atoms with Gasteiger partial charge in [-0.05, 0) is 56.7 Å². The number of esters is 2. The van der Waals surface area contributed by atoms with Gasteiger partial charge < -0.3 is 20.1 Å². The summed E-state index contributed by atoms with van der Waals surface area (Å²) in [6.45, 7) is 6.42. The second-order valence-electron chi connectivity index (χ2n) is 9.05. The number of nitriles is 1. The molecule has 3 aromatic rings. The Bertz CT molecular complexity index is 1520. The second-order valence-corrected chi connectivity index (χ2v) is 9.05. The maximum Gasteiger partial charge on any atom is 0.355 e. The van der Waals surface area contributed by atoms with E-state index in [0.29, 0.717) is 23.7 Å². The Balaban J connectivity index is 1.89. The molecule has 1 aliphatic rings. The van der Waals surface area contributed by atoms with Gasteiger partial charge in [-0.2, -0.15) is 5.26 Å². The fourth-order valence-corrected chi connectivity index (χ4v) is 4.83. The number of nitrogens with two attached hydrogens (primary N) is 1. The molecule has 4 rings (SSSR count). The van der Waals surface area contributed by atoms with Crippen molar-refractivity contribution in [2.45, 2.75) is 26.7 Å². The summed E-state index contributed by atoms with van der Waals surface area (Å²) < 4.78 is 10.2. The Hall–Kier alpha value is -5.17. The maximum atomic E-state index is 13.3. The van der Waals surface area contributed by atoms with Crippen LogP contribution in [0.15, 0.2) is 83.3 Å². The molecule has 0 radical (unpaired) electrons. The van der Waals surface area contributed by atoms with E-state index in [-0.39, 0.29) is 22.7 Å². The number of hydrogen-bond donors (Lipinski definition) is 1. The highest BCUT2D eigenvalue weighted by molar-refractivity contribution is 6.06. The topological polar surface area (TPSA) is 135 Å². The standard InChI is InChI=1S/C30H30N6O4/c1-6-35(30-33-18(2)16-19(3)34-30)21-12-14-22(15-13-21)36-26(29(38)40-5)25(28(37)39-4)24(23(17-31)27(36)32)20-10-8-7-9-11-20/h7-16,24H,6,32H2,1-5H3. The lowest BCUT2D eigenvalue weighted by molar-refractivity contribution is -0.139. The van der Waals surface area contributed by atoms with Gasteiger partial charge in [-0.1, -0.05) is 30.3 Å². The molecule has 2 heterocycles. The van der Waals surface area contributed by atoms with Crippen molar-refractivity contribution in [1.29, 1.82) is 5.26 Å². The normalized spacial score (nSPS) is 15.0. The number of rotatable bonds is 7. The van der Waals surface area contributed by atoms with Crippen molar-refractivity contribution in [3.8, 4) is 6.07 Å². The van der Waals surface area contributed by atoms with E-state index >= 15 is 0 Å². The Morgan fingerprint density at radius 3 is 2.12 bits per heavy atom. The van der Waals surface area contributed by atoms with Gasteiger partial charge in [-0.15, -0.1) is 0 Å². The van der Waals surface area contributed by atoms with Crippen LogP contribution in [0.2, 0.25) is 0 Å². The van der Waals surface area contributed by atoms with Crippen LogP contribution < -0.4 is 15.5 Å². The van der Waals surface area contributed by atoms with Gasteiger partial charge >= 0.3 is 11.9 Å². The Kier molecular flexibility index (Phi) is 8.15. The summed E-state index contributed by atoms with van der Waals surface area (Å²) in [7, 11) is 2.43. The first-order valence-corrected chi connectivity index (χ1v) is 12.6. The number of carbonyl (C=O) groups excluding carboxylic acids is 2. The van der Waals surface area contributed by atoms with E-state index in [9.17, 15) is 14.9 Å². The van der Waals surface area contributed by atoms with E-state index < -0.39 is 17.9 Å². The monoisotopic (exact) mass is 538 g/mol. The highest BCUT2D eigenvalue weighted by Crippen LogP contribution is 2.43. The lowest BCUT2D eigenvalue weighted by atomic mass is 9.81. The quantitative estimate of drug-likeness (QED) is 0.437. The molecule has 0 bridgehead atoms. The number of anilines is 3.